The van der Waals surface area contributed by atoms with Crippen LogP contribution in [0, 0.1) is 0 Å². The van der Waals surface area contributed by atoms with E-state index in [4.69, 9.17) is 14.2 Å². The molecular formula is C20H23N3O4. The summed E-state index contributed by atoms with van der Waals surface area (Å²) in [6.45, 7) is 2.50. The summed E-state index contributed by atoms with van der Waals surface area (Å²) >= 11 is 0. The molecule has 2 fully saturated rings. The largest absolute Gasteiger partial charge is 0.495 e. The molecule has 1 aromatic carbocycles. The third kappa shape index (κ3) is 3.74. The van der Waals surface area contributed by atoms with Gasteiger partial charge in [-0.05, 0) is 18.2 Å². The lowest BCUT2D eigenvalue weighted by molar-refractivity contribution is -0.181. The van der Waals surface area contributed by atoms with Crippen LogP contribution in [0.3, 0.4) is 0 Å². The number of nitrogens with zero attached hydrogens (tertiary/aromatic N) is 2. The van der Waals surface area contributed by atoms with Gasteiger partial charge in [0.05, 0.1) is 43.5 Å². The molecule has 1 aromatic heterocycles. The van der Waals surface area contributed by atoms with Gasteiger partial charge >= 0.3 is 0 Å². The highest BCUT2D eigenvalue weighted by Crippen LogP contribution is 2.32. The van der Waals surface area contributed by atoms with E-state index in [9.17, 15) is 4.79 Å². The van der Waals surface area contributed by atoms with Crippen molar-refractivity contribution in [1.82, 2.24) is 9.88 Å². The Labute approximate surface area is 158 Å². The molecular weight excluding hydrogens is 346 g/mol. The number of methoxy groups -OCH3 is 1. The maximum Gasteiger partial charge on any atom is 0.255 e. The normalized spacial score (nSPS) is 18.5. The van der Waals surface area contributed by atoms with Gasteiger partial charge in [0.15, 0.2) is 5.79 Å². The van der Waals surface area contributed by atoms with Crippen LogP contribution in [0.5, 0.6) is 5.75 Å². The summed E-state index contributed by atoms with van der Waals surface area (Å²) in [7, 11) is 1.62. The molecule has 0 atom stereocenters. The van der Waals surface area contributed by atoms with E-state index in [-0.39, 0.29) is 5.91 Å². The van der Waals surface area contributed by atoms with E-state index in [1.54, 1.807) is 19.5 Å². The zero-order valence-corrected chi connectivity index (χ0v) is 15.3. The van der Waals surface area contributed by atoms with Gasteiger partial charge in [-0.25, -0.2) is 0 Å². The molecule has 4 rings (SSSR count). The molecule has 2 saturated heterocycles. The third-order valence-electron chi connectivity index (χ3n) is 5.00. The van der Waals surface area contributed by atoms with Gasteiger partial charge in [-0.1, -0.05) is 12.1 Å². The van der Waals surface area contributed by atoms with Crippen LogP contribution in [0.4, 0.5) is 11.4 Å². The first-order chi connectivity index (χ1) is 13.2. The highest BCUT2D eigenvalue weighted by atomic mass is 16.7. The highest BCUT2D eigenvalue weighted by Gasteiger charge is 2.40. The van der Waals surface area contributed by atoms with Crippen LogP contribution in [0.1, 0.15) is 23.2 Å². The molecule has 1 amide bonds. The van der Waals surface area contributed by atoms with Gasteiger partial charge in [-0.3, -0.25) is 9.78 Å². The third-order valence-corrected chi connectivity index (χ3v) is 5.00. The smallest absolute Gasteiger partial charge is 0.255 e. The molecule has 0 unspecified atom stereocenters. The van der Waals surface area contributed by atoms with E-state index in [0.717, 1.165) is 17.1 Å². The van der Waals surface area contributed by atoms with Crippen molar-refractivity contribution < 1.29 is 19.0 Å². The van der Waals surface area contributed by atoms with Crippen molar-refractivity contribution >= 4 is 17.3 Å². The second-order valence-corrected chi connectivity index (χ2v) is 6.69. The average Bonchev–Trinajstić information content (AvgIpc) is 3.17. The topological polar surface area (TPSA) is 72.9 Å². The minimum atomic E-state index is -0.484. The van der Waals surface area contributed by atoms with Gasteiger partial charge in [-0.15, -0.1) is 0 Å². The highest BCUT2D eigenvalue weighted by molar-refractivity contribution is 5.95. The molecule has 3 heterocycles. The van der Waals surface area contributed by atoms with E-state index in [1.165, 1.54) is 0 Å². The lowest BCUT2D eigenvalue weighted by Crippen LogP contribution is -2.47. The molecule has 2 aliphatic rings. The number of anilines is 2. The molecule has 2 aromatic rings. The number of benzene rings is 1. The van der Waals surface area contributed by atoms with Gasteiger partial charge in [0.1, 0.15) is 5.75 Å². The maximum absolute atomic E-state index is 12.9. The van der Waals surface area contributed by atoms with Crippen molar-refractivity contribution in [2.45, 2.75) is 18.6 Å². The number of amides is 1. The molecule has 7 heteroatoms. The molecule has 7 nitrogen and oxygen atoms in total. The molecule has 27 heavy (non-hydrogen) atoms. The first-order valence-electron chi connectivity index (χ1n) is 9.11. The Balaban J connectivity index is 1.45. The zero-order valence-electron chi connectivity index (χ0n) is 15.3. The van der Waals surface area contributed by atoms with Gasteiger partial charge in [0, 0.05) is 32.1 Å². The predicted molar refractivity (Wildman–Crippen MR) is 100 cm³/mol. The summed E-state index contributed by atoms with van der Waals surface area (Å²) in [6.07, 6.45) is 4.69. The first-order valence-corrected chi connectivity index (χ1v) is 9.11. The summed E-state index contributed by atoms with van der Waals surface area (Å²) < 4.78 is 16.8. The number of rotatable bonds is 4. The van der Waals surface area contributed by atoms with E-state index < -0.39 is 5.79 Å². The maximum atomic E-state index is 12.9. The quantitative estimate of drug-likeness (QED) is 0.893. The standard InChI is InChI=1S/C20H23N3O4/c1-25-18-5-3-2-4-17(18)22-16-12-15(13-21-14-16)19(24)23-8-6-20(7-9-23)26-10-11-27-20/h2-5,12-14,22H,6-11H2,1H3. The fourth-order valence-electron chi connectivity index (χ4n) is 3.55. The summed E-state index contributed by atoms with van der Waals surface area (Å²) in [5, 5.41) is 3.26. The van der Waals surface area contributed by atoms with Crippen molar-refractivity contribution in [3.8, 4) is 5.75 Å². The lowest BCUT2D eigenvalue weighted by Gasteiger charge is -2.37. The SMILES string of the molecule is COc1ccccc1Nc1cncc(C(=O)N2CCC3(CC2)OCCO3)c1. The minimum Gasteiger partial charge on any atom is -0.495 e. The zero-order chi connectivity index (χ0) is 18.7. The number of ether oxygens (including phenoxy) is 3. The van der Waals surface area contributed by atoms with Crippen LogP contribution in [0.15, 0.2) is 42.7 Å². The fraction of sp³-hybridized carbons (Fsp3) is 0.400. The second-order valence-electron chi connectivity index (χ2n) is 6.69. The summed E-state index contributed by atoms with van der Waals surface area (Å²) in [6, 6.07) is 9.43. The number of para-hydroxylation sites is 2. The number of pyridine rings is 1. The summed E-state index contributed by atoms with van der Waals surface area (Å²) in [5.41, 5.74) is 2.11. The Bertz CT molecular complexity index is 810. The number of aromatic nitrogens is 1. The van der Waals surface area contributed by atoms with Crippen molar-refractivity contribution in [2.24, 2.45) is 0 Å². The van der Waals surface area contributed by atoms with E-state index in [2.05, 4.69) is 10.3 Å². The number of hydrogen-bond donors (Lipinski definition) is 1. The molecule has 0 saturated carbocycles. The van der Waals surface area contributed by atoms with E-state index in [0.29, 0.717) is 44.7 Å². The summed E-state index contributed by atoms with van der Waals surface area (Å²) in [5.74, 6) is 0.216. The summed E-state index contributed by atoms with van der Waals surface area (Å²) in [4.78, 5) is 18.9. The van der Waals surface area contributed by atoms with Crippen molar-refractivity contribution in [1.29, 1.82) is 0 Å². The van der Waals surface area contributed by atoms with Crippen molar-refractivity contribution in [3.05, 3.63) is 48.3 Å². The van der Waals surface area contributed by atoms with Crippen molar-refractivity contribution in [2.75, 3.05) is 38.7 Å². The lowest BCUT2D eigenvalue weighted by atomic mass is 10.0. The Morgan fingerprint density at radius 1 is 1.19 bits per heavy atom. The monoisotopic (exact) mass is 369 g/mol. The van der Waals surface area contributed by atoms with Crippen LogP contribution in [-0.2, 0) is 9.47 Å². The molecule has 0 bridgehead atoms. The van der Waals surface area contributed by atoms with Gasteiger partial charge in [-0.2, -0.15) is 0 Å². The number of piperidine rings is 1. The van der Waals surface area contributed by atoms with E-state index >= 15 is 0 Å². The molecule has 1 N–H and O–H groups in total. The van der Waals surface area contributed by atoms with Crippen LogP contribution in [-0.4, -0.2) is 55.0 Å². The number of carbonyl (C=O) groups is 1. The number of likely N-dealkylation sites (tertiary alicyclic amines) is 1. The van der Waals surface area contributed by atoms with Crippen LogP contribution in [0.2, 0.25) is 0 Å². The predicted octanol–water partition coefficient (Wildman–Crippen LogP) is 2.81. The second kappa shape index (κ2) is 7.54. The van der Waals surface area contributed by atoms with Gasteiger partial charge in [0.2, 0.25) is 0 Å². The minimum absolute atomic E-state index is 0.0287. The number of nitrogens with one attached hydrogen (secondary N) is 1. The van der Waals surface area contributed by atoms with E-state index in [1.807, 2.05) is 35.2 Å². The molecule has 2 aliphatic heterocycles. The Hall–Kier alpha value is -2.64. The fourth-order valence-corrected chi connectivity index (χ4v) is 3.55. The Morgan fingerprint density at radius 3 is 2.67 bits per heavy atom. The Morgan fingerprint density at radius 2 is 1.93 bits per heavy atom. The molecule has 142 valence electrons. The molecule has 1 spiro atoms. The Kier molecular flexibility index (Phi) is 4.96. The number of carbonyl (C=O) groups excluding carboxylic acids is 1. The van der Waals surface area contributed by atoms with Crippen molar-refractivity contribution in [3.63, 3.8) is 0 Å². The first kappa shape index (κ1) is 17.8. The van der Waals surface area contributed by atoms with Crippen LogP contribution in [0.25, 0.3) is 0 Å². The molecule has 0 aliphatic carbocycles. The average molecular weight is 369 g/mol. The van der Waals surface area contributed by atoms with Gasteiger partial charge < -0.3 is 24.4 Å². The number of hydrogen-bond acceptors (Lipinski definition) is 6. The van der Waals surface area contributed by atoms with Crippen LogP contribution < -0.4 is 10.1 Å². The van der Waals surface area contributed by atoms with Crippen LogP contribution >= 0.6 is 0 Å². The van der Waals surface area contributed by atoms with Gasteiger partial charge in [0.25, 0.3) is 5.91 Å². The molecule has 0 radical (unpaired) electrons.